The molecule has 0 aliphatic carbocycles. The first kappa shape index (κ1) is 15.1. The van der Waals surface area contributed by atoms with Gasteiger partial charge in [-0.25, -0.2) is 0 Å². The van der Waals surface area contributed by atoms with Gasteiger partial charge in [0.05, 0.1) is 0 Å². The van der Waals surface area contributed by atoms with Gasteiger partial charge in [-0.15, -0.1) is 24.8 Å². The Labute approximate surface area is 91.5 Å². The fraction of sp³-hybridized carbons (Fsp3) is 0.333. The number of hydrogen-bond acceptors (Lipinski definition) is 2. The van der Waals surface area contributed by atoms with E-state index in [1.54, 1.807) is 0 Å². The molecule has 0 amide bonds. The van der Waals surface area contributed by atoms with Gasteiger partial charge in [0, 0.05) is 11.7 Å². The molecule has 1 rings (SSSR count). The second-order valence-corrected chi connectivity index (χ2v) is 2.93. The third-order valence-electron chi connectivity index (χ3n) is 1.51. The van der Waals surface area contributed by atoms with Gasteiger partial charge in [-0.05, 0) is 31.0 Å². The maximum atomic E-state index is 5.63. The SMILES string of the molecule is CC(N)Cc1cccc(N)c1.Cl.Cl. The van der Waals surface area contributed by atoms with E-state index in [1.165, 1.54) is 5.56 Å². The summed E-state index contributed by atoms with van der Waals surface area (Å²) in [4.78, 5) is 0. The highest BCUT2D eigenvalue weighted by atomic mass is 35.5. The molecule has 4 N–H and O–H groups in total. The lowest BCUT2D eigenvalue weighted by Gasteiger charge is -2.04. The predicted octanol–water partition coefficient (Wildman–Crippen LogP) is 2.00. The molecule has 0 saturated carbocycles. The average molecular weight is 223 g/mol. The molecule has 0 fully saturated rings. The average Bonchev–Trinajstić information content (AvgIpc) is 1.85. The molecule has 1 aromatic carbocycles. The van der Waals surface area contributed by atoms with Crippen LogP contribution >= 0.6 is 24.8 Å². The Morgan fingerprint density at radius 3 is 2.38 bits per heavy atom. The Morgan fingerprint density at radius 1 is 1.31 bits per heavy atom. The zero-order chi connectivity index (χ0) is 8.27. The van der Waals surface area contributed by atoms with Crippen molar-refractivity contribution in [3.63, 3.8) is 0 Å². The van der Waals surface area contributed by atoms with E-state index in [1.807, 2.05) is 31.2 Å². The first-order valence-electron chi connectivity index (χ1n) is 3.78. The molecule has 0 spiro atoms. The Kier molecular flexibility index (Phi) is 8.12. The summed E-state index contributed by atoms with van der Waals surface area (Å²) in [6.07, 6.45) is 0.894. The zero-order valence-electron chi connectivity index (χ0n) is 7.57. The van der Waals surface area contributed by atoms with Gasteiger partial charge in [-0.2, -0.15) is 0 Å². The number of halogens is 2. The number of nitrogens with two attached hydrogens (primary N) is 2. The smallest absolute Gasteiger partial charge is 0.0316 e. The summed E-state index contributed by atoms with van der Waals surface area (Å²) < 4.78 is 0. The standard InChI is InChI=1S/C9H14N2.2ClH/c1-7(10)5-8-3-2-4-9(11)6-8;;/h2-4,6-7H,5,10-11H2,1H3;2*1H. The third kappa shape index (κ3) is 5.75. The topological polar surface area (TPSA) is 52.0 Å². The maximum absolute atomic E-state index is 5.63. The van der Waals surface area contributed by atoms with Crippen LogP contribution in [0.5, 0.6) is 0 Å². The van der Waals surface area contributed by atoms with Crippen molar-refractivity contribution in [3.8, 4) is 0 Å². The minimum Gasteiger partial charge on any atom is -0.399 e. The van der Waals surface area contributed by atoms with E-state index in [0.29, 0.717) is 0 Å². The second-order valence-electron chi connectivity index (χ2n) is 2.93. The lowest BCUT2D eigenvalue weighted by Crippen LogP contribution is -2.17. The molecular weight excluding hydrogens is 207 g/mol. The number of benzene rings is 1. The molecule has 1 atom stereocenters. The Bertz CT molecular complexity index is 239. The molecule has 0 aliphatic rings. The van der Waals surface area contributed by atoms with Gasteiger partial charge < -0.3 is 11.5 Å². The van der Waals surface area contributed by atoms with Gasteiger partial charge in [-0.1, -0.05) is 12.1 Å². The highest BCUT2D eigenvalue weighted by Crippen LogP contribution is 2.07. The van der Waals surface area contributed by atoms with Crippen LogP contribution in [0.3, 0.4) is 0 Å². The summed E-state index contributed by atoms with van der Waals surface area (Å²) in [5.41, 5.74) is 13.2. The fourth-order valence-corrected chi connectivity index (χ4v) is 1.09. The van der Waals surface area contributed by atoms with E-state index in [-0.39, 0.29) is 30.9 Å². The van der Waals surface area contributed by atoms with Crippen molar-refractivity contribution in [3.05, 3.63) is 29.8 Å². The van der Waals surface area contributed by atoms with Gasteiger partial charge in [0.15, 0.2) is 0 Å². The summed E-state index contributed by atoms with van der Waals surface area (Å²) in [6.45, 7) is 1.99. The van der Waals surface area contributed by atoms with Crippen LogP contribution in [0.4, 0.5) is 5.69 Å². The van der Waals surface area contributed by atoms with Crippen LogP contribution < -0.4 is 11.5 Å². The summed E-state index contributed by atoms with van der Waals surface area (Å²) in [6, 6.07) is 8.04. The van der Waals surface area contributed by atoms with Gasteiger partial charge in [0.2, 0.25) is 0 Å². The fourth-order valence-electron chi connectivity index (χ4n) is 1.09. The molecule has 4 heteroatoms. The summed E-state index contributed by atoms with van der Waals surface area (Å²) in [7, 11) is 0. The monoisotopic (exact) mass is 222 g/mol. The highest BCUT2D eigenvalue weighted by Gasteiger charge is 1.96. The third-order valence-corrected chi connectivity index (χ3v) is 1.51. The molecule has 76 valence electrons. The molecule has 0 aliphatic heterocycles. The van der Waals surface area contributed by atoms with Crippen LogP contribution in [-0.2, 0) is 6.42 Å². The highest BCUT2D eigenvalue weighted by molar-refractivity contribution is 5.85. The lowest BCUT2D eigenvalue weighted by molar-refractivity contribution is 0.738. The summed E-state index contributed by atoms with van der Waals surface area (Å²) >= 11 is 0. The van der Waals surface area contributed by atoms with Gasteiger partial charge in [0.25, 0.3) is 0 Å². The Hall–Kier alpha value is -0.440. The molecule has 1 unspecified atom stereocenters. The van der Waals surface area contributed by atoms with E-state index < -0.39 is 0 Å². The van der Waals surface area contributed by atoms with Crippen LogP contribution in [0.15, 0.2) is 24.3 Å². The molecule has 13 heavy (non-hydrogen) atoms. The van der Waals surface area contributed by atoms with Crippen molar-refractivity contribution < 1.29 is 0 Å². The van der Waals surface area contributed by atoms with Crippen molar-refractivity contribution >= 4 is 30.5 Å². The molecule has 0 radical (unpaired) electrons. The van der Waals surface area contributed by atoms with E-state index in [4.69, 9.17) is 11.5 Å². The van der Waals surface area contributed by atoms with Gasteiger partial charge in [-0.3, -0.25) is 0 Å². The van der Waals surface area contributed by atoms with Crippen molar-refractivity contribution in [1.29, 1.82) is 0 Å². The van der Waals surface area contributed by atoms with Crippen molar-refractivity contribution in [2.75, 3.05) is 5.73 Å². The van der Waals surface area contributed by atoms with Crippen molar-refractivity contribution in [2.24, 2.45) is 5.73 Å². The van der Waals surface area contributed by atoms with E-state index in [9.17, 15) is 0 Å². The van der Waals surface area contributed by atoms with Crippen LogP contribution in [0.1, 0.15) is 12.5 Å². The van der Waals surface area contributed by atoms with Crippen molar-refractivity contribution in [2.45, 2.75) is 19.4 Å². The zero-order valence-corrected chi connectivity index (χ0v) is 9.20. The second kappa shape index (κ2) is 7.01. The molecule has 0 saturated heterocycles. The summed E-state index contributed by atoms with van der Waals surface area (Å²) in [5, 5.41) is 0. The lowest BCUT2D eigenvalue weighted by atomic mass is 10.1. The molecule has 2 nitrogen and oxygen atoms in total. The Morgan fingerprint density at radius 2 is 1.92 bits per heavy atom. The first-order valence-corrected chi connectivity index (χ1v) is 3.78. The number of hydrogen-bond donors (Lipinski definition) is 2. The van der Waals surface area contributed by atoms with E-state index in [0.717, 1.165) is 12.1 Å². The first-order chi connectivity index (χ1) is 5.18. The Balaban J connectivity index is 0. The molecule has 0 aromatic heterocycles. The van der Waals surface area contributed by atoms with Crippen LogP contribution in [0.2, 0.25) is 0 Å². The van der Waals surface area contributed by atoms with Gasteiger partial charge in [0.1, 0.15) is 0 Å². The molecular formula is C9H16Cl2N2. The number of nitrogen functional groups attached to an aromatic ring is 1. The van der Waals surface area contributed by atoms with Crippen molar-refractivity contribution in [1.82, 2.24) is 0 Å². The predicted molar refractivity (Wildman–Crippen MR) is 62.7 cm³/mol. The van der Waals surface area contributed by atoms with E-state index in [2.05, 4.69) is 0 Å². The van der Waals surface area contributed by atoms with Crippen LogP contribution in [0.25, 0.3) is 0 Å². The quantitative estimate of drug-likeness (QED) is 0.753. The van der Waals surface area contributed by atoms with E-state index >= 15 is 0 Å². The normalized spacial score (nSPS) is 10.9. The minimum absolute atomic E-state index is 0. The molecule has 0 bridgehead atoms. The van der Waals surface area contributed by atoms with Gasteiger partial charge >= 0.3 is 0 Å². The maximum Gasteiger partial charge on any atom is 0.0316 e. The minimum atomic E-state index is 0. The number of anilines is 1. The summed E-state index contributed by atoms with van der Waals surface area (Å²) in [5.74, 6) is 0. The molecule has 0 heterocycles. The largest absolute Gasteiger partial charge is 0.399 e. The number of rotatable bonds is 2. The molecule has 1 aromatic rings. The van der Waals surface area contributed by atoms with Crippen LogP contribution in [0, 0.1) is 0 Å². The van der Waals surface area contributed by atoms with Crippen LogP contribution in [-0.4, -0.2) is 6.04 Å².